The van der Waals surface area contributed by atoms with Crippen LogP contribution in [-0.2, 0) is 6.54 Å². The topological polar surface area (TPSA) is 52.5 Å². The van der Waals surface area contributed by atoms with Crippen molar-refractivity contribution in [3.05, 3.63) is 23.8 Å². The molecular weight excluding hydrogens is 262 g/mol. The van der Waals surface area contributed by atoms with Gasteiger partial charge in [-0.25, -0.2) is 0 Å². The fourth-order valence-corrected chi connectivity index (χ4v) is 3.31. The van der Waals surface area contributed by atoms with Crippen molar-refractivity contribution in [2.45, 2.75) is 65.5 Å². The highest BCUT2D eigenvalue weighted by atomic mass is 16.3. The third-order valence-corrected chi connectivity index (χ3v) is 5.38. The quantitative estimate of drug-likeness (QED) is 0.713. The zero-order chi connectivity index (χ0) is 15.5. The summed E-state index contributed by atoms with van der Waals surface area (Å²) in [6.07, 6.45) is 6.33. The maximum atomic E-state index is 9.51. The van der Waals surface area contributed by atoms with Gasteiger partial charge in [-0.05, 0) is 54.7 Å². The molecule has 21 heavy (non-hydrogen) atoms. The van der Waals surface area contributed by atoms with Crippen LogP contribution in [0.4, 0.5) is 0 Å². The first-order chi connectivity index (χ1) is 9.92. The Morgan fingerprint density at radius 3 is 2.33 bits per heavy atom. The Bertz CT molecular complexity index is 462. The van der Waals surface area contributed by atoms with Gasteiger partial charge in [-0.15, -0.1) is 0 Å². The Morgan fingerprint density at radius 2 is 1.76 bits per heavy atom. The van der Waals surface area contributed by atoms with Crippen molar-refractivity contribution in [3.8, 4) is 11.5 Å². The van der Waals surface area contributed by atoms with Crippen molar-refractivity contribution >= 4 is 0 Å². The summed E-state index contributed by atoms with van der Waals surface area (Å²) in [7, 11) is 0. The normalized spacial score (nSPS) is 23.2. The molecule has 0 amide bonds. The van der Waals surface area contributed by atoms with Crippen LogP contribution in [0.5, 0.6) is 11.5 Å². The third kappa shape index (κ3) is 4.13. The Balaban J connectivity index is 1.80. The molecule has 3 heteroatoms. The Labute approximate surface area is 128 Å². The van der Waals surface area contributed by atoms with Gasteiger partial charge in [-0.2, -0.15) is 0 Å². The van der Waals surface area contributed by atoms with Crippen LogP contribution in [-0.4, -0.2) is 16.3 Å². The van der Waals surface area contributed by atoms with Gasteiger partial charge < -0.3 is 15.5 Å². The van der Waals surface area contributed by atoms with Crippen molar-refractivity contribution in [2.24, 2.45) is 11.3 Å². The predicted octanol–water partition coefficient (Wildman–Crippen LogP) is 4.18. The second-order valence-electron chi connectivity index (χ2n) is 7.09. The maximum Gasteiger partial charge on any atom is 0.157 e. The Kier molecular flexibility index (Phi) is 5.15. The summed E-state index contributed by atoms with van der Waals surface area (Å²) in [6, 6.07) is 5.61. The molecule has 0 aromatic heterocycles. The minimum absolute atomic E-state index is 0.0392. The molecule has 2 rings (SSSR count). The minimum atomic E-state index is -0.0546. The van der Waals surface area contributed by atoms with Crippen LogP contribution < -0.4 is 5.32 Å². The van der Waals surface area contributed by atoms with E-state index in [1.807, 2.05) is 6.07 Å². The van der Waals surface area contributed by atoms with Crippen molar-refractivity contribution in [1.29, 1.82) is 0 Å². The van der Waals surface area contributed by atoms with E-state index in [1.165, 1.54) is 32.1 Å². The van der Waals surface area contributed by atoms with E-state index >= 15 is 0 Å². The molecule has 1 aliphatic carbocycles. The van der Waals surface area contributed by atoms with Gasteiger partial charge in [0.2, 0.25) is 0 Å². The highest BCUT2D eigenvalue weighted by molar-refractivity contribution is 5.40. The summed E-state index contributed by atoms with van der Waals surface area (Å²) in [4.78, 5) is 0. The van der Waals surface area contributed by atoms with E-state index in [0.29, 0.717) is 11.5 Å². The highest BCUT2D eigenvalue weighted by Crippen LogP contribution is 2.40. The van der Waals surface area contributed by atoms with Gasteiger partial charge in [0.05, 0.1) is 0 Å². The lowest BCUT2D eigenvalue weighted by Crippen LogP contribution is -2.36. The molecule has 118 valence electrons. The van der Waals surface area contributed by atoms with Gasteiger partial charge in [-0.1, -0.05) is 33.3 Å². The SMILES string of the molecule is CCC(C)(C)C1CCC(NCc2ccc(O)c(O)c2)CC1. The largest absolute Gasteiger partial charge is 0.504 e. The zero-order valence-electron chi connectivity index (χ0n) is 13.5. The van der Waals surface area contributed by atoms with Gasteiger partial charge in [0.25, 0.3) is 0 Å². The number of phenolic OH excluding ortho intramolecular Hbond substituents is 2. The molecule has 0 bridgehead atoms. The summed E-state index contributed by atoms with van der Waals surface area (Å²) in [5, 5.41) is 22.4. The van der Waals surface area contributed by atoms with Crippen LogP contribution in [0, 0.1) is 11.3 Å². The van der Waals surface area contributed by atoms with E-state index in [1.54, 1.807) is 12.1 Å². The van der Waals surface area contributed by atoms with E-state index in [-0.39, 0.29) is 11.5 Å². The molecule has 0 heterocycles. The minimum Gasteiger partial charge on any atom is -0.504 e. The van der Waals surface area contributed by atoms with E-state index in [9.17, 15) is 10.2 Å². The van der Waals surface area contributed by atoms with E-state index < -0.39 is 0 Å². The molecule has 0 radical (unpaired) electrons. The third-order valence-electron chi connectivity index (χ3n) is 5.38. The Morgan fingerprint density at radius 1 is 1.10 bits per heavy atom. The molecule has 1 fully saturated rings. The molecule has 0 unspecified atom stereocenters. The van der Waals surface area contributed by atoms with Gasteiger partial charge in [0.1, 0.15) is 0 Å². The van der Waals surface area contributed by atoms with Crippen LogP contribution in [0.25, 0.3) is 0 Å². The number of nitrogens with one attached hydrogen (secondary N) is 1. The first-order valence-corrected chi connectivity index (χ1v) is 8.16. The van der Waals surface area contributed by atoms with Crippen LogP contribution in [0.15, 0.2) is 18.2 Å². The first-order valence-electron chi connectivity index (χ1n) is 8.16. The van der Waals surface area contributed by atoms with Gasteiger partial charge in [-0.3, -0.25) is 0 Å². The van der Waals surface area contributed by atoms with Crippen molar-refractivity contribution in [2.75, 3.05) is 0 Å². The fourth-order valence-electron chi connectivity index (χ4n) is 3.31. The average Bonchev–Trinajstić information content (AvgIpc) is 2.49. The summed E-state index contributed by atoms with van der Waals surface area (Å²) < 4.78 is 0. The van der Waals surface area contributed by atoms with Gasteiger partial charge >= 0.3 is 0 Å². The molecular formula is C18H29NO2. The Hall–Kier alpha value is -1.22. The average molecular weight is 291 g/mol. The van der Waals surface area contributed by atoms with Gasteiger partial charge in [0.15, 0.2) is 11.5 Å². The van der Waals surface area contributed by atoms with Crippen LogP contribution >= 0.6 is 0 Å². The smallest absolute Gasteiger partial charge is 0.157 e. The monoisotopic (exact) mass is 291 g/mol. The predicted molar refractivity (Wildman–Crippen MR) is 86.4 cm³/mol. The number of hydrogen-bond acceptors (Lipinski definition) is 3. The molecule has 1 aromatic rings. The van der Waals surface area contributed by atoms with E-state index in [2.05, 4.69) is 26.1 Å². The van der Waals surface area contributed by atoms with Crippen molar-refractivity contribution < 1.29 is 10.2 Å². The van der Waals surface area contributed by atoms with Crippen LogP contribution in [0.2, 0.25) is 0 Å². The number of benzene rings is 1. The molecule has 0 aliphatic heterocycles. The number of rotatable bonds is 5. The molecule has 3 N–H and O–H groups in total. The standard InChI is InChI=1S/C18H29NO2/c1-4-18(2,3)14-6-8-15(9-7-14)19-12-13-5-10-16(20)17(21)11-13/h5,10-11,14-15,19-21H,4,6-9,12H2,1-3H3. The second-order valence-corrected chi connectivity index (χ2v) is 7.09. The lowest BCUT2D eigenvalue weighted by atomic mass is 9.69. The molecule has 0 atom stereocenters. The summed E-state index contributed by atoms with van der Waals surface area (Å²) >= 11 is 0. The number of aromatic hydroxyl groups is 2. The number of phenols is 2. The lowest BCUT2D eigenvalue weighted by molar-refractivity contribution is 0.137. The molecule has 1 aromatic carbocycles. The van der Waals surface area contributed by atoms with Crippen LogP contribution in [0.1, 0.15) is 58.4 Å². The maximum absolute atomic E-state index is 9.51. The summed E-state index contributed by atoms with van der Waals surface area (Å²) in [5.74, 6) is 0.752. The van der Waals surface area contributed by atoms with Crippen molar-refractivity contribution in [1.82, 2.24) is 5.32 Å². The highest BCUT2D eigenvalue weighted by Gasteiger charge is 2.31. The van der Waals surface area contributed by atoms with Crippen LogP contribution in [0.3, 0.4) is 0 Å². The van der Waals surface area contributed by atoms with E-state index in [4.69, 9.17) is 0 Å². The molecule has 0 spiro atoms. The molecule has 3 nitrogen and oxygen atoms in total. The number of hydrogen-bond donors (Lipinski definition) is 3. The van der Waals surface area contributed by atoms with Crippen molar-refractivity contribution in [3.63, 3.8) is 0 Å². The summed E-state index contributed by atoms with van der Waals surface area (Å²) in [5.41, 5.74) is 1.48. The lowest BCUT2D eigenvalue weighted by Gasteiger charge is -2.39. The first kappa shape index (κ1) is 16.2. The fraction of sp³-hybridized carbons (Fsp3) is 0.667. The zero-order valence-corrected chi connectivity index (χ0v) is 13.5. The van der Waals surface area contributed by atoms with Gasteiger partial charge in [0, 0.05) is 12.6 Å². The van der Waals surface area contributed by atoms with E-state index in [0.717, 1.165) is 18.0 Å². The molecule has 1 aliphatic rings. The summed E-state index contributed by atoms with van der Waals surface area (Å²) in [6.45, 7) is 7.83. The molecule has 0 saturated heterocycles. The molecule has 1 saturated carbocycles. The second kappa shape index (κ2) is 6.69.